The summed E-state index contributed by atoms with van der Waals surface area (Å²) in [5.41, 5.74) is 1.64. The lowest BCUT2D eigenvalue weighted by Crippen LogP contribution is -2.40. The molecule has 1 unspecified atom stereocenters. The van der Waals surface area contributed by atoms with E-state index in [9.17, 15) is 9.18 Å². The lowest BCUT2D eigenvalue weighted by atomic mass is 9.96. The average Bonchev–Trinajstić information content (AvgIpc) is 2.65. The maximum Gasteiger partial charge on any atom is 0.228 e. The van der Waals surface area contributed by atoms with Gasteiger partial charge in [0, 0.05) is 19.2 Å². The standard InChI is InChI=1S/C22H27FN2O2/c1-16(2)27-21-11-10-19(23)13-20(21)24-22(26)18-9-6-12-25(15-18)14-17-7-4-3-5-8-17/h3-5,7-8,10-11,13,16,18H,6,9,12,14-15H2,1-2H3,(H,24,26). The highest BCUT2D eigenvalue weighted by molar-refractivity contribution is 5.94. The van der Waals surface area contributed by atoms with Crippen LogP contribution in [-0.2, 0) is 11.3 Å². The molecule has 1 N–H and O–H groups in total. The minimum atomic E-state index is -0.393. The minimum absolute atomic E-state index is 0.0536. The van der Waals surface area contributed by atoms with Crippen molar-refractivity contribution in [3.8, 4) is 5.75 Å². The molecule has 1 saturated heterocycles. The molecule has 1 amide bonds. The lowest BCUT2D eigenvalue weighted by Gasteiger charge is -2.32. The zero-order valence-electron chi connectivity index (χ0n) is 16.0. The van der Waals surface area contributed by atoms with Gasteiger partial charge in [-0.05, 0) is 50.9 Å². The van der Waals surface area contributed by atoms with E-state index in [2.05, 4.69) is 22.3 Å². The number of hydrogen-bond donors (Lipinski definition) is 1. The summed E-state index contributed by atoms with van der Waals surface area (Å²) in [6.45, 7) is 6.33. The highest BCUT2D eigenvalue weighted by Gasteiger charge is 2.26. The van der Waals surface area contributed by atoms with Gasteiger partial charge in [0.15, 0.2) is 0 Å². The first kappa shape index (κ1) is 19.4. The molecule has 0 spiro atoms. The fourth-order valence-corrected chi connectivity index (χ4v) is 3.45. The van der Waals surface area contributed by atoms with Crippen LogP contribution in [0, 0.1) is 11.7 Å². The second-order valence-electron chi connectivity index (χ2n) is 7.36. The third-order valence-electron chi connectivity index (χ3n) is 4.69. The predicted molar refractivity (Wildman–Crippen MR) is 105 cm³/mol. The molecular formula is C22H27FN2O2. The Balaban J connectivity index is 1.64. The van der Waals surface area contributed by atoms with Crippen molar-refractivity contribution in [3.05, 3.63) is 59.9 Å². The van der Waals surface area contributed by atoms with Gasteiger partial charge in [0.05, 0.1) is 17.7 Å². The summed E-state index contributed by atoms with van der Waals surface area (Å²) < 4.78 is 19.4. The van der Waals surface area contributed by atoms with Gasteiger partial charge in [-0.3, -0.25) is 9.69 Å². The molecule has 5 heteroatoms. The molecule has 1 atom stereocenters. The summed E-state index contributed by atoms with van der Waals surface area (Å²) >= 11 is 0. The molecule has 2 aromatic carbocycles. The normalized spacial score (nSPS) is 17.7. The summed E-state index contributed by atoms with van der Waals surface area (Å²) in [7, 11) is 0. The highest BCUT2D eigenvalue weighted by Crippen LogP contribution is 2.28. The molecule has 1 aliphatic heterocycles. The smallest absolute Gasteiger partial charge is 0.228 e. The number of carbonyl (C=O) groups excluding carboxylic acids is 1. The molecule has 1 heterocycles. The van der Waals surface area contributed by atoms with E-state index in [4.69, 9.17) is 4.74 Å². The number of rotatable bonds is 6. The first-order valence-corrected chi connectivity index (χ1v) is 9.54. The van der Waals surface area contributed by atoms with Crippen molar-refractivity contribution in [2.24, 2.45) is 5.92 Å². The van der Waals surface area contributed by atoms with Crippen molar-refractivity contribution in [1.82, 2.24) is 4.90 Å². The van der Waals surface area contributed by atoms with Crippen LogP contribution in [0.2, 0.25) is 0 Å². The topological polar surface area (TPSA) is 41.6 Å². The first-order chi connectivity index (χ1) is 13.0. The van der Waals surface area contributed by atoms with E-state index in [0.29, 0.717) is 18.0 Å². The van der Waals surface area contributed by atoms with Crippen LogP contribution < -0.4 is 10.1 Å². The monoisotopic (exact) mass is 370 g/mol. The second kappa shape index (κ2) is 9.00. The van der Waals surface area contributed by atoms with Gasteiger partial charge in [-0.15, -0.1) is 0 Å². The quantitative estimate of drug-likeness (QED) is 0.816. The van der Waals surface area contributed by atoms with Crippen molar-refractivity contribution in [3.63, 3.8) is 0 Å². The molecule has 0 aliphatic carbocycles. The minimum Gasteiger partial charge on any atom is -0.489 e. The molecule has 3 rings (SSSR count). The van der Waals surface area contributed by atoms with Gasteiger partial charge >= 0.3 is 0 Å². The molecule has 0 bridgehead atoms. The lowest BCUT2D eigenvalue weighted by molar-refractivity contribution is -0.121. The average molecular weight is 370 g/mol. The SMILES string of the molecule is CC(C)Oc1ccc(F)cc1NC(=O)C1CCCN(Cc2ccccc2)C1. The van der Waals surface area contributed by atoms with Crippen LogP contribution in [0.15, 0.2) is 48.5 Å². The maximum absolute atomic E-state index is 13.7. The molecule has 144 valence electrons. The number of benzene rings is 2. The van der Waals surface area contributed by atoms with E-state index in [1.54, 1.807) is 6.07 Å². The molecule has 2 aromatic rings. The van der Waals surface area contributed by atoms with Gasteiger partial charge in [0.1, 0.15) is 11.6 Å². The summed E-state index contributed by atoms with van der Waals surface area (Å²) in [6.07, 6.45) is 1.76. The van der Waals surface area contributed by atoms with Crippen LogP contribution in [0.5, 0.6) is 5.75 Å². The van der Waals surface area contributed by atoms with Crippen molar-refractivity contribution in [1.29, 1.82) is 0 Å². The van der Waals surface area contributed by atoms with Crippen molar-refractivity contribution in [2.45, 2.75) is 39.3 Å². The number of amides is 1. The van der Waals surface area contributed by atoms with Gasteiger partial charge < -0.3 is 10.1 Å². The van der Waals surface area contributed by atoms with Crippen molar-refractivity contribution < 1.29 is 13.9 Å². The van der Waals surface area contributed by atoms with Gasteiger partial charge in [-0.1, -0.05) is 30.3 Å². The number of halogens is 1. The van der Waals surface area contributed by atoms with Gasteiger partial charge in [0.25, 0.3) is 0 Å². The fourth-order valence-electron chi connectivity index (χ4n) is 3.45. The first-order valence-electron chi connectivity index (χ1n) is 9.54. The Kier molecular flexibility index (Phi) is 6.45. The predicted octanol–water partition coefficient (Wildman–Crippen LogP) is 4.46. The Morgan fingerprint density at radius 3 is 2.78 bits per heavy atom. The Morgan fingerprint density at radius 2 is 2.04 bits per heavy atom. The summed E-state index contributed by atoms with van der Waals surface area (Å²) in [5, 5.41) is 2.88. The Bertz CT molecular complexity index is 764. The van der Waals surface area contributed by atoms with Crippen molar-refractivity contribution in [2.75, 3.05) is 18.4 Å². The second-order valence-corrected chi connectivity index (χ2v) is 7.36. The van der Waals surface area contributed by atoms with E-state index in [1.807, 2.05) is 32.0 Å². The van der Waals surface area contributed by atoms with E-state index in [0.717, 1.165) is 25.9 Å². The number of likely N-dealkylation sites (tertiary alicyclic amines) is 1. The fraction of sp³-hybridized carbons (Fsp3) is 0.409. The highest BCUT2D eigenvalue weighted by atomic mass is 19.1. The number of ether oxygens (including phenoxy) is 1. The third-order valence-corrected chi connectivity index (χ3v) is 4.69. The number of piperidine rings is 1. The van der Waals surface area contributed by atoms with E-state index >= 15 is 0 Å². The van der Waals surface area contributed by atoms with Gasteiger partial charge in [0.2, 0.25) is 5.91 Å². The number of hydrogen-bond acceptors (Lipinski definition) is 3. The zero-order chi connectivity index (χ0) is 19.2. The van der Waals surface area contributed by atoms with Crippen LogP contribution >= 0.6 is 0 Å². The number of anilines is 1. The molecule has 1 fully saturated rings. The number of nitrogens with zero attached hydrogens (tertiary/aromatic N) is 1. The molecule has 0 aromatic heterocycles. The molecule has 27 heavy (non-hydrogen) atoms. The van der Waals surface area contributed by atoms with Crippen LogP contribution in [0.3, 0.4) is 0 Å². The molecule has 0 radical (unpaired) electrons. The van der Waals surface area contributed by atoms with E-state index < -0.39 is 5.82 Å². The number of nitrogens with one attached hydrogen (secondary N) is 1. The van der Waals surface area contributed by atoms with Crippen LogP contribution in [-0.4, -0.2) is 30.0 Å². The zero-order valence-corrected chi connectivity index (χ0v) is 16.0. The Labute approximate surface area is 160 Å². The van der Waals surface area contributed by atoms with Crippen LogP contribution in [0.1, 0.15) is 32.3 Å². The number of carbonyl (C=O) groups is 1. The van der Waals surface area contributed by atoms with E-state index in [1.165, 1.54) is 17.7 Å². The van der Waals surface area contributed by atoms with Crippen LogP contribution in [0.25, 0.3) is 0 Å². The van der Waals surface area contributed by atoms with E-state index in [-0.39, 0.29) is 17.9 Å². The summed E-state index contributed by atoms with van der Waals surface area (Å²) in [4.78, 5) is 15.1. The van der Waals surface area contributed by atoms with Gasteiger partial charge in [-0.25, -0.2) is 4.39 Å². The molecule has 4 nitrogen and oxygen atoms in total. The largest absolute Gasteiger partial charge is 0.489 e. The molecule has 1 aliphatic rings. The van der Waals surface area contributed by atoms with Gasteiger partial charge in [-0.2, -0.15) is 0 Å². The summed E-state index contributed by atoms with van der Waals surface area (Å²) in [6, 6.07) is 14.5. The maximum atomic E-state index is 13.7. The van der Waals surface area contributed by atoms with Crippen LogP contribution in [0.4, 0.5) is 10.1 Å². The Hall–Kier alpha value is -2.40. The summed E-state index contributed by atoms with van der Waals surface area (Å²) in [5.74, 6) is -0.0861. The molecule has 0 saturated carbocycles. The molecular weight excluding hydrogens is 343 g/mol. The third kappa shape index (κ3) is 5.54. The van der Waals surface area contributed by atoms with Crippen molar-refractivity contribution >= 4 is 11.6 Å². The Morgan fingerprint density at radius 1 is 1.26 bits per heavy atom.